The van der Waals surface area contributed by atoms with Crippen LogP contribution in [0.1, 0.15) is 96.3 Å². The Labute approximate surface area is 292 Å². The summed E-state index contributed by atoms with van der Waals surface area (Å²) in [5.41, 5.74) is 2.07. The van der Waals surface area contributed by atoms with Crippen molar-refractivity contribution >= 4 is 31.0 Å². The van der Waals surface area contributed by atoms with Gasteiger partial charge in [0, 0.05) is 50.3 Å². The molecule has 3 rings (SSSR count). The Bertz CT molecular complexity index is 1520. The summed E-state index contributed by atoms with van der Waals surface area (Å²) in [4.78, 5) is 40.7. The van der Waals surface area contributed by atoms with Gasteiger partial charge in [0.25, 0.3) is 0 Å². The number of unbranched alkanes of at least 4 members (excludes halogenated alkanes) is 3. The third-order valence-corrected chi connectivity index (χ3v) is 10.4. The van der Waals surface area contributed by atoms with E-state index in [4.69, 9.17) is 13.8 Å². The maximum atomic E-state index is 13.4. The van der Waals surface area contributed by atoms with Gasteiger partial charge >= 0.3 is 7.60 Å². The minimum absolute atomic E-state index is 0.0868. The van der Waals surface area contributed by atoms with Crippen LogP contribution in [0.4, 0.5) is 5.69 Å². The van der Waals surface area contributed by atoms with Gasteiger partial charge in [0.1, 0.15) is 0 Å². The van der Waals surface area contributed by atoms with E-state index in [0.717, 1.165) is 48.1 Å². The van der Waals surface area contributed by atoms with Crippen molar-refractivity contribution in [2.24, 2.45) is 5.41 Å². The maximum Gasteiger partial charge on any atom is 0.330 e. The Morgan fingerprint density at radius 3 is 2.29 bits per heavy atom. The zero-order valence-electron chi connectivity index (χ0n) is 30.1. The third-order valence-electron chi connectivity index (χ3n) is 8.54. The van der Waals surface area contributed by atoms with Crippen LogP contribution in [0.15, 0.2) is 48.5 Å². The number of para-hydroxylation sites is 1. The summed E-state index contributed by atoms with van der Waals surface area (Å²) in [7, 11) is -1.53. The van der Waals surface area contributed by atoms with Gasteiger partial charge in [-0.25, -0.2) is 0 Å². The highest BCUT2D eigenvalue weighted by Crippen LogP contribution is 2.46. The van der Waals surface area contributed by atoms with E-state index in [1.165, 1.54) is 7.11 Å². The molecule has 2 aromatic rings. The summed E-state index contributed by atoms with van der Waals surface area (Å²) in [6.45, 7) is 11.1. The van der Waals surface area contributed by atoms with Crippen LogP contribution >= 0.6 is 7.60 Å². The molecule has 0 saturated heterocycles. The van der Waals surface area contributed by atoms with Gasteiger partial charge in [-0.1, -0.05) is 61.9 Å². The lowest BCUT2D eigenvalue weighted by atomic mass is 9.92. The largest absolute Gasteiger partial charge is 0.374 e. The van der Waals surface area contributed by atoms with Crippen LogP contribution in [0.3, 0.4) is 0 Å². The van der Waals surface area contributed by atoms with E-state index in [1.54, 1.807) is 11.8 Å². The lowest BCUT2D eigenvalue weighted by molar-refractivity contribution is -0.138. The number of hydrogen-bond acceptors (Lipinski definition) is 7. The number of ether oxygens (including phenoxy) is 1. The molecule has 11 heteroatoms. The van der Waals surface area contributed by atoms with Crippen molar-refractivity contribution in [3.8, 4) is 11.8 Å². The molecule has 1 heterocycles. The topological polar surface area (TPSA) is 123 Å². The highest BCUT2D eigenvalue weighted by atomic mass is 31.2. The monoisotopic (exact) mass is 695 g/mol. The van der Waals surface area contributed by atoms with Gasteiger partial charge in [-0.15, -0.1) is 0 Å². The molecule has 1 aliphatic rings. The van der Waals surface area contributed by atoms with Crippen molar-refractivity contribution in [2.45, 2.75) is 91.7 Å². The fraction of sp³-hybridized carbons (Fsp3) is 0.553. The first-order chi connectivity index (χ1) is 23.3. The number of fused-ring (bicyclic) bond motifs is 2. The first-order valence-corrected chi connectivity index (χ1v) is 19.0. The van der Waals surface area contributed by atoms with Crippen LogP contribution in [0.25, 0.3) is 0 Å². The average Bonchev–Trinajstić information content (AvgIpc) is 3.08. The molecule has 0 saturated carbocycles. The van der Waals surface area contributed by atoms with Crippen LogP contribution in [-0.2, 0) is 39.3 Å². The van der Waals surface area contributed by atoms with Crippen LogP contribution < -0.4 is 15.5 Å². The Morgan fingerprint density at radius 2 is 1.55 bits per heavy atom. The Balaban J connectivity index is 1.35. The molecule has 1 aliphatic heterocycles. The van der Waals surface area contributed by atoms with E-state index in [1.807, 2.05) is 76.2 Å². The predicted molar refractivity (Wildman–Crippen MR) is 193 cm³/mol. The third kappa shape index (κ3) is 13.1. The molecule has 0 aliphatic carbocycles. The second-order valence-electron chi connectivity index (χ2n) is 13.5. The first-order valence-electron chi connectivity index (χ1n) is 17.3. The molecule has 49 heavy (non-hydrogen) atoms. The number of benzene rings is 2. The van der Waals surface area contributed by atoms with Crippen molar-refractivity contribution < 1.29 is 32.7 Å². The number of carbonyl (C=O) groups excluding carboxylic acids is 3. The lowest BCUT2D eigenvalue weighted by Crippen LogP contribution is -2.42. The first kappa shape index (κ1) is 40.0. The van der Waals surface area contributed by atoms with E-state index in [0.29, 0.717) is 32.3 Å². The van der Waals surface area contributed by atoms with E-state index in [-0.39, 0.29) is 43.7 Å². The summed E-state index contributed by atoms with van der Waals surface area (Å²) in [5.74, 6) is 6.09. The smallest absolute Gasteiger partial charge is 0.330 e. The van der Waals surface area contributed by atoms with E-state index < -0.39 is 18.6 Å². The zero-order valence-corrected chi connectivity index (χ0v) is 31.0. The summed E-state index contributed by atoms with van der Waals surface area (Å²) in [6.07, 6.45) is 4.65. The predicted octanol–water partition coefficient (Wildman–Crippen LogP) is 6.59. The molecule has 268 valence electrons. The fourth-order valence-electron chi connectivity index (χ4n) is 5.17. The molecule has 0 aromatic heterocycles. The van der Waals surface area contributed by atoms with Crippen molar-refractivity contribution in [1.82, 2.24) is 10.6 Å². The van der Waals surface area contributed by atoms with Gasteiger partial charge in [0.15, 0.2) is 0 Å². The standard InChI is InChI=1S/C38H54N3O7P/c1-7-49(45,46-6)48-27-15-9-8-14-25-40-36(44)37(2,3)29-47-38(4,5)24-22-34(42)39-26-23-35(43)41-28-32-18-11-10-16-30(32)20-21-31-17-12-13-19-33(31)41/h10-13,16-19H,7-9,14-15,22-29H2,1-6H3,(H,39,42)(H,40,44). The SMILES string of the molecule is CCP(=O)(OC)OCCCCCCNC(=O)C(C)(C)COC(C)(C)CCC(=O)NCCC(=O)N1Cc2ccccc2C#Cc2ccccc21. The zero-order chi connectivity index (χ0) is 35.9. The number of nitrogens with zero attached hydrogens (tertiary/aromatic N) is 1. The maximum absolute atomic E-state index is 13.4. The lowest BCUT2D eigenvalue weighted by Gasteiger charge is -2.31. The van der Waals surface area contributed by atoms with Crippen LogP contribution in [0.5, 0.6) is 0 Å². The van der Waals surface area contributed by atoms with E-state index in [2.05, 4.69) is 22.5 Å². The molecular weight excluding hydrogens is 641 g/mol. The number of anilines is 1. The van der Waals surface area contributed by atoms with Crippen molar-refractivity contribution in [3.63, 3.8) is 0 Å². The molecular formula is C38H54N3O7P. The Hall–Kier alpha value is -3.48. The molecule has 0 spiro atoms. The van der Waals surface area contributed by atoms with Gasteiger partial charge in [0.05, 0.1) is 36.5 Å². The Kier molecular flexibility index (Phi) is 15.5. The van der Waals surface area contributed by atoms with Crippen LogP contribution in [0.2, 0.25) is 0 Å². The van der Waals surface area contributed by atoms with E-state index in [9.17, 15) is 18.9 Å². The molecule has 2 aromatic carbocycles. The summed E-state index contributed by atoms with van der Waals surface area (Å²) in [6, 6.07) is 15.4. The molecule has 3 amide bonds. The fourth-order valence-corrected chi connectivity index (χ4v) is 6.12. The van der Waals surface area contributed by atoms with Crippen LogP contribution in [-0.4, -0.2) is 62.9 Å². The van der Waals surface area contributed by atoms with Gasteiger partial charge < -0.3 is 29.3 Å². The highest BCUT2D eigenvalue weighted by molar-refractivity contribution is 7.53. The molecule has 0 radical (unpaired) electrons. The van der Waals surface area contributed by atoms with Gasteiger partial charge in [-0.05, 0) is 70.7 Å². The Morgan fingerprint density at radius 1 is 0.878 bits per heavy atom. The van der Waals surface area contributed by atoms with Crippen molar-refractivity contribution in [2.75, 3.05) is 44.5 Å². The molecule has 2 N–H and O–H groups in total. The number of amides is 3. The summed E-state index contributed by atoms with van der Waals surface area (Å²) >= 11 is 0. The summed E-state index contributed by atoms with van der Waals surface area (Å²) < 4.78 is 28.6. The highest BCUT2D eigenvalue weighted by Gasteiger charge is 2.31. The number of rotatable bonds is 20. The van der Waals surface area contributed by atoms with Gasteiger partial charge in [-0.3, -0.25) is 18.9 Å². The van der Waals surface area contributed by atoms with Crippen molar-refractivity contribution in [1.29, 1.82) is 0 Å². The number of nitrogens with one attached hydrogen (secondary N) is 2. The van der Waals surface area contributed by atoms with E-state index >= 15 is 0 Å². The molecule has 1 unspecified atom stereocenters. The molecule has 0 bridgehead atoms. The molecule has 10 nitrogen and oxygen atoms in total. The minimum Gasteiger partial charge on any atom is -0.374 e. The van der Waals surface area contributed by atoms with Gasteiger partial charge in [0.2, 0.25) is 17.7 Å². The van der Waals surface area contributed by atoms with Crippen molar-refractivity contribution in [3.05, 3.63) is 65.2 Å². The van der Waals surface area contributed by atoms with Gasteiger partial charge in [-0.2, -0.15) is 0 Å². The minimum atomic E-state index is -2.94. The number of hydrogen-bond donors (Lipinski definition) is 2. The van der Waals surface area contributed by atoms with Crippen LogP contribution in [0, 0.1) is 17.3 Å². The summed E-state index contributed by atoms with van der Waals surface area (Å²) in [5, 5.41) is 5.88. The second kappa shape index (κ2) is 19.1. The average molecular weight is 696 g/mol. The number of carbonyl (C=O) groups is 3. The quantitative estimate of drug-likeness (QED) is 0.0910. The molecule has 1 atom stereocenters. The molecule has 0 fully saturated rings. The second-order valence-corrected chi connectivity index (χ2v) is 16.0. The normalized spacial score (nSPS) is 13.9.